The van der Waals surface area contributed by atoms with Crippen molar-refractivity contribution in [1.29, 1.82) is 0 Å². The zero-order valence-electron chi connectivity index (χ0n) is 13.7. The number of sulfonamides is 1. The van der Waals surface area contributed by atoms with Gasteiger partial charge in [-0.25, -0.2) is 13.1 Å². The summed E-state index contributed by atoms with van der Waals surface area (Å²) in [6.07, 6.45) is 2.63. The lowest BCUT2D eigenvalue weighted by Gasteiger charge is -2.06. The van der Waals surface area contributed by atoms with E-state index >= 15 is 0 Å². The number of anilines is 1. The molecule has 3 N–H and O–H groups in total. The van der Waals surface area contributed by atoms with Gasteiger partial charge < -0.3 is 10.3 Å². The minimum Gasteiger partial charge on any atom is -0.359 e. The number of amides is 1. The van der Waals surface area contributed by atoms with Crippen molar-refractivity contribution in [2.24, 2.45) is 0 Å². The molecule has 3 aromatic rings. The van der Waals surface area contributed by atoms with Crippen molar-refractivity contribution in [2.75, 3.05) is 12.4 Å². The number of rotatable bonds is 6. The fraction of sp³-hybridized carbons (Fsp3) is 0.167. The number of nitrogens with one attached hydrogen (secondary N) is 3. The minimum absolute atomic E-state index is 0.0864. The van der Waals surface area contributed by atoms with Crippen LogP contribution >= 0.6 is 0 Å². The first-order valence-electron chi connectivity index (χ1n) is 7.88. The third-order valence-corrected chi connectivity index (χ3v) is 5.44. The van der Waals surface area contributed by atoms with E-state index in [0.29, 0.717) is 12.8 Å². The average Bonchev–Trinajstić information content (AvgIpc) is 3.03. The maximum Gasteiger partial charge on any atom is 0.240 e. The molecule has 0 bridgehead atoms. The second-order valence-electron chi connectivity index (χ2n) is 5.65. The van der Waals surface area contributed by atoms with Gasteiger partial charge in [-0.2, -0.15) is 0 Å². The number of H-pyrrole nitrogens is 1. The summed E-state index contributed by atoms with van der Waals surface area (Å²) >= 11 is 0. The van der Waals surface area contributed by atoms with Gasteiger partial charge >= 0.3 is 0 Å². The lowest BCUT2D eigenvalue weighted by atomic mass is 10.1. The first-order valence-corrected chi connectivity index (χ1v) is 9.36. The van der Waals surface area contributed by atoms with Gasteiger partial charge in [0.05, 0.1) is 10.6 Å². The molecule has 25 heavy (non-hydrogen) atoms. The number of carbonyl (C=O) groups is 1. The fourth-order valence-corrected chi connectivity index (χ4v) is 3.33. The number of hydrogen-bond acceptors (Lipinski definition) is 3. The highest BCUT2D eigenvalue weighted by molar-refractivity contribution is 7.89. The number of para-hydroxylation sites is 1. The molecule has 0 saturated heterocycles. The second-order valence-corrected chi connectivity index (χ2v) is 7.53. The SMILES string of the molecule is CNS(=O)(=O)c1ccc(CCC(=O)Nc2c[nH]c3ccccc23)cc1. The molecule has 1 aromatic heterocycles. The third kappa shape index (κ3) is 3.89. The molecule has 0 spiro atoms. The Morgan fingerprint density at radius 2 is 1.80 bits per heavy atom. The van der Waals surface area contributed by atoms with E-state index in [9.17, 15) is 13.2 Å². The number of fused-ring (bicyclic) bond motifs is 1. The van der Waals surface area contributed by atoms with Gasteiger partial charge in [-0.1, -0.05) is 30.3 Å². The molecule has 6 nitrogen and oxygen atoms in total. The van der Waals surface area contributed by atoms with Crippen molar-refractivity contribution in [1.82, 2.24) is 9.71 Å². The number of aromatic nitrogens is 1. The molecule has 1 heterocycles. The van der Waals surface area contributed by atoms with Crippen LogP contribution in [0.25, 0.3) is 10.9 Å². The summed E-state index contributed by atoms with van der Waals surface area (Å²) in [6.45, 7) is 0. The van der Waals surface area contributed by atoms with E-state index < -0.39 is 10.0 Å². The van der Waals surface area contributed by atoms with E-state index in [1.165, 1.54) is 7.05 Å². The minimum atomic E-state index is -3.43. The fourth-order valence-electron chi connectivity index (χ4n) is 2.60. The Balaban J connectivity index is 1.61. The number of benzene rings is 2. The highest BCUT2D eigenvalue weighted by atomic mass is 32.2. The molecule has 0 saturated carbocycles. The van der Waals surface area contributed by atoms with Crippen LogP contribution in [0.4, 0.5) is 5.69 Å². The van der Waals surface area contributed by atoms with Crippen LogP contribution in [-0.2, 0) is 21.2 Å². The smallest absolute Gasteiger partial charge is 0.240 e. The van der Waals surface area contributed by atoms with Gasteiger partial charge in [-0.15, -0.1) is 0 Å². The molecule has 3 rings (SSSR count). The Morgan fingerprint density at radius 1 is 1.08 bits per heavy atom. The lowest BCUT2D eigenvalue weighted by molar-refractivity contribution is -0.116. The van der Waals surface area contributed by atoms with E-state index in [1.807, 2.05) is 24.3 Å². The Hall–Kier alpha value is -2.64. The molecule has 130 valence electrons. The third-order valence-electron chi connectivity index (χ3n) is 4.01. The Kier molecular flexibility index (Phi) is 4.87. The first kappa shape index (κ1) is 17.2. The van der Waals surface area contributed by atoms with Gasteiger partial charge in [-0.05, 0) is 37.2 Å². The Bertz CT molecular complexity index is 992. The van der Waals surface area contributed by atoms with Crippen LogP contribution in [-0.4, -0.2) is 26.4 Å². The largest absolute Gasteiger partial charge is 0.359 e. The summed E-state index contributed by atoms with van der Waals surface area (Å²) in [5.41, 5.74) is 2.64. The van der Waals surface area contributed by atoms with Crippen molar-refractivity contribution in [3.63, 3.8) is 0 Å². The van der Waals surface area contributed by atoms with Crippen molar-refractivity contribution < 1.29 is 13.2 Å². The van der Waals surface area contributed by atoms with Gasteiger partial charge in [0, 0.05) is 23.5 Å². The van der Waals surface area contributed by atoms with Gasteiger partial charge in [0.2, 0.25) is 15.9 Å². The second kappa shape index (κ2) is 7.08. The molecule has 0 atom stereocenters. The van der Waals surface area contributed by atoms with Gasteiger partial charge in [0.25, 0.3) is 0 Å². The highest BCUT2D eigenvalue weighted by Gasteiger charge is 2.11. The Morgan fingerprint density at radius 3 is 2.52 bits per heavy atom. The maximum atomic E-state index is 12.2. The van der Waals surface area contributed by atoms with E-state index in [2.05, 4.69) is 15.0 Å². The quantitative estimate of drug-likeness (QED) is 0.633. The molecule has 0 aliphatic heterocycles. The van der Waals surface area contributed by atoms with Crippen LogP contribution in [0.3, 0.4) is 0 Å². The standard InChI is InChI=1S/C18H19N3O3S/c1-19-25(23,24)14-9-6-13(7-10-14)8-11-18(22)21-17-12-20-16-5-3-2-4-15(16)17/h2-7,9-10,12,19-20H,8,11H2,1H3,(H,21,22). The van der Waals surface area contributed by atoms with Crippen molar-refractivity contribution >= 4 is 32.5 Å². The number of aryl methyl sites for hydroxylation is 1. The van der Waals surface area contributed by atoms with Crippen LogP contribution in [0.15, 0.2) is 59.6 Å². The van der Waals surface area contributed by atoms with Crippen molar-refractivity contribution in [3.05, 3.63) is 60.3 Å². The lowest BCUT2D eigenvalue weighted by Crippen LogP contribution is -2.18. The zero-order chi connectivity index (χ0) is 17.9. The number of hydrogen-bond donors (Lipinski definition) is 3. The molecule has 0 unspecified atom stereocenters. The van der Waals surface area contributed by atoms with E-state index in [0.717, 1.165) is 22.2 Å². The predicted molar refractivity (Wildman–Crippen MR) is 97.9 cm³/mol. The molecule has 0 fully saturated rings. The summed E-state index contributed by atoms with van der Waals surface area (Å²) in [4.78, 5) is 15.5. The monoisotopic (exact) mass is 357 g/mol. The maximum absolute atomic E-state index is 12.2. The van der Waals surface area contributed by atoms with Crippen molar-refractivity contribution in [2.45, 2.75) is 17.7 Å². The normalized spacial score (nSPS) is 11.6. The van der Waals surface area contributed by atoms with Gasteiger partial charge in [0.1, 0.15) is 0 Å². The molecule has 1 amide bonds. The van der Waals surface area contributed by atoms with Gasteiger partial charge in [-0.3, -0.25) is 4.79 Å². The van der Waals surface area contributed by atoms with E-state index in [1.54, 1.807) is 30.5 Å². The molecular formula is C18H19N3O3S. The van der Waals surface area contributed by atoms with Crippen molar-refractivity contribution in [3.8, 4) is 0 Å². The molecule has 0 aliphatic rings. The molecule has 0 radical (unpaired) electrons. The van der Waals surface area contributed by atoms with E-state index in [-0.39, 0.29) is 10.8 Å². The summed E-state index contributed by atoms with van der Waals surface area (Å²) < 4.78 is 25.6. The first-order chi connectivity index (χ1) is 12.0. The zero-order valence-corrected chi connectivity index (χ0v) is 14.6. The topological polar surface area (TPSA) is 91.1 Å². The molecule has 0 aliphatic carbocycles. The van der Waals surface area contributed by atoms with E-state index in [4.69, 9.17) is 0 Å². The van der Waals surface area contributed by atoms with Crippen LogP contribution < -0.4 is 10.0 Å². The number of carbonyl (C=O) groups excluding carboxylic acids is 1. The van der Waals surface area contributed by atoms with Crippen LogP contribution in [0, 0.1) is 0 Å². The van der Waals surface area contributed by atoms with Crippen LogP contribution in [0.1, 0.15) is 12.0 Å². The number of aromatic amines is 1. The molecule has 2 aromatic carbocycles. The highest BCUT2D eigenvalue weighted by Crippen LogP contribution is 2.22. The molecular weight excluding hydrogens is 338 g/mol. The van der Waals surface area contributed by atoms with Crippen LogP contribution in [0.2, 0.25) is 0 Å². The Labute approximate surface area is 146 Å². The van der Waals surface area contributed by atoms with Gasteiger partial charge in [0.15, 0.2) is 0 Å². The summed E-state index contributed by atoms with van der Waals surface area (Å²) in [6, 6.07) is 14.3. The summed E-state index contributed by atoms with van der Waals surface area (Å²) in [5.74, 6) is -0.0864. The summed E-state index contributed by atoms with van der Waals surface area (Å²) in [7, 11) is -2.06. The summed E-state index contributed by atoms with van der Waals surface area (Å²) in [5, 5.41) is 3.87. The predicted octanol–water partition coefficient (Wildman–Crippen LogP) is 2.65. The molecule has 7 heteroatoms. The van der Waals surface area contributed by atoms with Crippen LogP contribution in [0.5, 0.6) is 0 Å². The average molecular weight is 357 g/mol.